The molecule has 2 aromatic heterocycles. The number of nitrogens with two attached hydrogens (primary N) is 1. The molecule has 0 aliphatic carbocycles. The van der Waals surface area contributed by atoms with Gasteiger partial charge in [-0.1, -0.05) is 6.07 Å². The molecule has 0 aromatic carbocycles. The van der Waals surface area contributed by atoms with Gasteiger partial charge in [-0.3, -0.25) is 0 Å². The molecule has 16 heavy (non-hydrogen) atoms. The molecule has 2 aromatic rings. The van der Waals surface area contributed by atoms with Crippen LogP contribution in [0.4, 0.5) is 5.88 Å². The predicted octanol–water partition coefficient (Wildman–Crippen LogP) is 2.16. The van der Waals surface area contributed by atoms with Crippen LogP contribution in [0.3, 0.4) is 0 Å². The Bertz CT molecular complexity index is 490. The molecule has 0 unspecified atom stereocenters. The average Bonchev–Trinajstić information content (AvgIpc) is 2.86. The van der Waals surface area contributed by atoms with E-state index in [1.54, 1.807) is 6.92 Å². The first-order valence-electron chi connectivity index (χ1n) is 4.69. The van der Waals surface area contributed by atoms with Crippen LogP contribution in [0, 0.1) is 0 Å². The lowest BCUT2D eigenvalue weighted by Gasteiger charge is -1.96. The van der Waals surface area contributed by atoms with Gasteiger partial charge in [-0.25, -0.2) is 4.79 Å². The zero-order valence-electron chi connectivity index (χ0n) is 8.60. The molecule has 0 saturated heterocycles. The van der Waals surface area contributed by atoms with E-state index in [2.05, 4.69) is 4.98 Å². The van der Waals surface area contributed by atoms with Crippen molar-refractivity contribution in [3.63, 3.8) is 0 Å². The fourth-order valence-electron chi connectivity index (χ4n) is 1.18. The van der Waals surface area contributed by atoms with Crippen LogP contribution in [0.5, 0.6) is 0 Å². The number of thiophene rings is 1. The van der Waals surface area contributed by atoms with Crippen molar-refractivity contribution < 1.29 is 13.9 Å². The molecule has 0 aliphatic rings. The monoisotopic (exact) mass is 238 g/mol. The van der Waals surface area contributed by atoms with Crippen molar-refractivity contribution in [2.45, 2.75) is 6.92 Å². The highest BCUT2D eigenvalue weighted by molar-refractivity contribution is 7.13. The highest BCUT2D eigenvalue weighted by Crippen LogP contribution is 2.27. The first-order chi connectivity index (χ1) is 7.72. The number of nitrogens with zero attached hydrogens (tertiary/aromatic N) is 1. The number of esters is 1. The molecule has 6 heteroatoms. The molecule has 0 saturated carbocycles. The smallest absolute Gasteiger partial charge is 0.362 e. The number of ether oxygens (including phenoxy) is 1. The van der Waals surface area contributed by atoms with Crippen LogP contribution in [0.1, 0.15) is 17.4 Å². The van der Waals surface area contributed by atoms with Crippen molar-refractivity contribution in [2.24, 2.45) is 0 Å². The summed E-state index contributed by atoms with van der Waals surface area (Å²) >= 11 is 1.46. The van der Waals surface area contributed by atoms with E-state index in [4.69, 9.17) is 14.9 Å². The van der Waals surface area contributed by atoms with Gasteiger partial charge < -0.3 is 14.9 Å². The molecule has 0 bridgehead atoms. The highest BCUT2D eigenvalue weighted by Gasteiger charge is 2.20. The number of anilines is 1. The van der Waals surface area contributed by atoms with Crippen molar-refractivity contribution in [3.05, 3.63) is 23.2 Å². The lowest BCUT2D eigenvalue weighted by atomic mass is 10.4. The summed E-state index contributed by atoms with van der Waals surface area (Å²) in [5, 5.41) is 1.89. The van der Waals surface area contributed by atoms with Crippen LogP contribution in [0.25, 0.3) is 10.8 Å². The summed E-state index contributed by atoms with van der Waals surface area (Å²) in [6.07, 6.45) is 0. The minimum absolute atomic E-state index is 0.0122. The van der Waals surface area contributed by atoms with Crippen molar-refractivity contribution in [1.82, 2.24) is 4.98 Å². The average molecular weight is 238 g/mol. The van der Waals surface area contributed by atoms with Gasteiger partial charge in [-0.2, -0.15) is 4.98 Å². The highest BCUT2D eigenvalue weighted by atomic mass is 32.1. The lowest BCUT2D eigenvalue weighted by Crippen LogP contribution is -2.07. The molecule has 2 heterocycles. The summed E-state index contributed by atoms with van der Waals surface area (Å²) in [4.78, 5) is 16.3. The van der Waals surface area contributed by atoms with Gasteiger partial charge >= 0.3 is 5.97 Å². The summed E-state index contributed by atoms with van der Waals surface area (Å²) < 4.78 is 10.0. The first kappa shape index (κ1) is 10.7. The Kier molecular flexibility index (Phi) is 2.91. The zero-order chi connectivity index (χ0) is 11.5. The second-order valence-corrected chi connectivity index (χ2v) is 3.88. The molecule has 0 amide bonds. The third kappa shape index (κ3) is 1.92. The van der Waals surface area contributed by atoms with E-state index < -0.39 is 5.97 Å². The number of carbonyl (C=O) groups is 1. The second-order valence-electron chi connectivity index (χ2n) is 2.93. The number of hydrogen-bond acceptors (Lipinski definition) is 6. The molecule has 0 spiro atoms. The van der Waals surface area contributed by atoms with Crippen LogP contribution in [-0.2, 0) is 4.74 Å². The Balaban J connectivity index is 2.32. The number of oxazole rings is 1. The van der Waals surface area contributed by atoms with E-state index >= 15 is 0 Å². The van der Waals surface area contributed by atoms with E-state index in [1.165, 1.54) is 11.3 Å². The van der Waals surface area contributed by atoms with Crippen LogP contribution >= 0.6 is 11.3 Å². The normalized spacial score (nSPS) is 10.3. The van der Waals surface area contributed by atoms with Gasteiger partial charge in [0.15, 0.2) is 0 Å². The Hall–Kier alpha value is -1.82. The van der Waals surface area contributed by atoms with Crippen molar-refractivity contribution in [2.75, 3.05) is 12.3 Å². The van der Waals surface area contributed by atoms with E-state index in [0.29, 0.717) is 5.89 Å². The van der Waals surface area contributed by atoms with E-state index in [9.17, 15) is 4.79 Å². The maximum atomic E-state index is 11.4. The van der Waals surface area contributed by atoms with Gasteiger partial charge in [0.05, 0.1) is 11.5 Å². The standard InChI is InChI=1S/C10H10N2O3S/c1-2-14-10(13)7-8(11)15-9(12-7)6-4-3-5-16-6/h3-5H,2,11H2,1H3. The minimum atomic E-state index is -0.563. The number of hydrogen-bond donors (Lipinski definition) is 1. The van der Waals surface area contributed by atoms with Crippen molar-refractivity contribution >= 4 is 23.2 Å². The predicted molar refractivity (Wildman–Crippen MR) is 60.2 cm³/mol. The summed E-state index contributed by atoms with van der Waals surface area (Å²) in [6.45, 7) is 1.99. The first-order valence-corrected chi connectivity index (χ1v) is 5.57. The third-order valence-corrected chi connectivity index (χ3v) is 2.71. The molecule has 2 N–H and O–H groups in total. The number of nitrogen functional groups attached to an aromatic ring is 1. The topological polar surface area (TPSA) is 78.3 Å². The van der Waals surface area contributed by atoms with Gasteiger partial charge in [0.1, 0.15) is 0 Å². The van der Waals surface area contributed by atoms with Gasteiger partial charge in [0, 0.05) is 0 Å². The van der Waals surface area contributed by atoms with Gasteiger partial charge in [-0.15, -0.1) is 11.3 Å². The fraction of sp³-hybridized carbons (Fsp3) is 0.200. The van der Waals surface area contributed by atoms with Crippen molar-refractivity contribution in [3.8, 4) is 10.8 Å². The second kappa shape index (κ2) is 4.36. The van der Waals surface area contributed by atoms with Gasteiger partial charge in [-0.05, 0) is 18.4 Å². The summed E-state index contributed by atoms with van der Waals surface area (Å²) in [6, 6.07) is 3.70. The number of carbonyl (C=O) groups excluding carboxylic acids is 1. The third-order valence-electron chi connectivity index (χ3n) is 1.85. The Morgan fingerprint density at radius 1 is 1.69 bits per heavy atom. The number of aromatic nitrogens is 1. The van der Waals surface area contributed by atoms with Crippen LogP contribution in [0.15, 0.2) is 21.9 Å². The fourth-order valence-corrected chi connectivity index (χ4v) is 1.83. The zero-order valence-corrected chi connectivity index (χ0v) is 9.41. The molecule has 0 fully saturated rings. The molecule has 0 radical (unpaired) electrons. The van der Waals surface area contributed by atoms with Crippen LogP contribution in [-0.4, -0.2) is 17.6 Å². The quantitative estimate of drug-likeness (QED) is 0.829. The Morgan fingerprint density at radius 2 is 2.50 bits per heavy atom. The number of rotatable bonds is 3. The molecule has 0 atom stereocenters. The molecule has 0 aliphatic heterocycles. The van der Waals surface area contributed by atoms with Crippen LogP contribution in [0.2, 0.25) is 0 Å². The molecule has 84 valence electrons. The summed E-state index contributed by atoms with van der Waals surface area (Å²) in [7, 11) is 0. The van der Waals surface area contributed by atoms with E-state index in [-0.39, 0.29) is 18.2 Å². The molecular formula is C10H10N2O3S. The Labute approximate surface area is 95.9 Å². The maximum Gasteiger partial charge on any atom is 0.362 e. The van der Waals surface area contributed by atoms with Gasteiger partial charge in [0.25, 0.3) is 0 Å². The van der Waals surface area contributed by atoms with Gasteiger partial charge in [0.2, 0.25) is 17.5 Å². The maximum absolute atomic E-state index is 11.4. The minimum Gasteiger partial charge on any atom is -0.461 e. The summed E-state index contributed by atoms with van der Waals surface area (Å²) in [5.74, 6) is -0.232. The largest absolute Gasteiger partial charge is 0.461 e. The lowest BCUT2D eigenvalue weighted by molar-refractivity contribution is 0.0521. The van der Waals surface area contributed by atoms with Crippen LogP contribution < -0.4 is 5.73 Å². The molecule has 2 rings (SSSR count). The molecular weight excluding hydrogens is 228 g/mol. The van der Waals surface area contributed by atoms with E-state index in [0.717, 1.165) is 4.88 Å². The van der Waals surface area contributed by atoms with Crippen molar-refractivity contribution in [1.29, 1.82) is 0 Å². The summed E-state index contributed by atoms with van der Waals surface area (Å²) in [5.41, 5.74) is 5.59. The Morgan fingerprint density at radius 3 is 3.12 bits per heavy atom. The SMILES string of the molecule is CCOC(=O)c1nc(-c2cccs2)oc1N. The molecule has 5 nitrogen and oxygen atoms in total. The van der Waals surface area contributed by atoms with E-state index in [1.807, 2.05) is 17.5 Å².